The predicted octanol–water partition coefficient (Wildman–Crippen LogP) is 0.0877. The van der Waals surface area contributed by atoms with Crippen LogP contribution in [0.25, 0.3) is 0 Å². The minimum absolute atomic E-state index is 0.101. The van der Waals surface area contributed by atoms with Gasteiger partial charge in [0.2, 0.25) is 5.91 Å². The van der Waals surface area contributed by atoms with Crippen molar-refractivity contribution < 1.29 is 4.79 Å². The lowest BCUT2D eigenvalue weighted by Gasteiger charge is -2.31. The summed E-state index contributed by atoms with van der Waals surface area (Å²) < 4.78 is 0. The second-order valence-corrected chi connectivity index (χ2v) is 5.21. The quantitative estimate of drug-likeness (QED) is 0.836. The molecule has 1 N–H and O–H groups in total. The summed E-state index contributed by atoms with van der Waals surface area (Å²) in [5.41, 5.74) is 1.16. The molecule has 2 saturated heterocycles. The van der Waals surface area contributed by atoms with E-state index in [2.05, 4.69) is 15.2 Å². The number of amides is 1. The number of nitrogens with one attached hydrogen (secondary N) is 1. The lowest BCUT2D eigenvalue weighted by atomic mass is 10.2. The Hall–Kier alpha value is -1.46. The van der Waals surface area contributed by atoms with Crippen LogP contribution >= 0.6 is 0 Å². The second-order valence-electron chi connectivity index (χ2n) is 5.21. The molecular formula is C14H20N4O. The van der Waals surface area contributed by atoms with Crippen molar-refractivity contribution in [1.82, 2.24) is 20.1 Å². The molecule has 5 heteroatoms. The molecule has 1 atom stereocenters. The zero-order valence-corrected chi connectivity index (χ0v) is 11.1. The van der Waals surface area contributed by atoms with E-state index in [1.165, 1.54) is 0 Å². The highest BCUT2D eigenvalue weighted by atomic mass is 16.2. The Kier molecular flexibility index (Phi) is 3.75. The first-order chi connectivity index (χ1) is 9.34. The summed E-state index contributed by atoms with van der Waals surface area (Å²) in [5, 5.41) is 3.33. The molecule has 0 aliphatic carbocycles. The van der Waals surface area contributed by atoms with Gasteiger partial charge in [0, 0.05) is 51.7 Å². The Bertz CT molecular complexity index is 430. The summed E-state index contributed by atoms with van der Waals surface area (Å²) in [7, 11) is 0. The van der Waals surface area contributed by atoms with Crippen LogP contribution in [0, 0.1) is 0 Å². The van der Waals surface area contributed by atoms with E-state index in [0.717, 1.165) is 44.7 Å². The van der Waals surface area contributed by atoms with Crippen LogP contribution < -0.4 is 5.32 Å². The van der Waals surface area contributed by atoms with Gasteiger partial charge in [-0.2, -0.15) is 0 Å². The minimum atomic E-state index is 0.101. The summed E-state index contributed by atoms with van der Waals surface area (Å²) in [4.78, 5) is 20.8. The Balaban J connectivity index is 1.62. The molecule has 102 valence electrons. The smallest absolute Gasteiger partial charge is 0.240 e. The SMILES string of the molecule is O=C1C(N2CCNCC2)CCN1Cc1ccncc1. The predicted molar refractivity (Wildman–Crippen MR) is 72.5 cm³/mol. The van der Waals surface area contributed by atoms with Gasteiger partial charge in [-0.1, -0.05) is 0 Å². The molecule has 0 saturated carbocycles. The fourth-order valence-corrected chi connectivity index (χ4v) is 2.92. The topological polar surface area (TPSA) is 48.5 Å². The average Bonchev–Trinajstić information content (AvgIpc) is 2.82. The molecule has 2 aliphatic rings. The van der Waals surface area contributed by atoms with Crippen LogP contribution in [0.1, 0.15) is 12.0 Å². The van der Waals surface area contributed by atoms with Crippen molar-refractivity contribution in [2.24, 2.45) is 0 Å². The van der Waals surface area contributed by atoms with Crippen LogP contribution in [0.4, 0.5) is 0 Å². The van der Waals surface area contributed by atoms with Gasteiger partial charge in [0.15, 0.2) is 0 Å². The van der Waals surface area contributed by atoms with Crippen molar-refractivity contribution in [2.45, 2.75) is 19.0 Å². The molecule has 19 heavy (non-hydrogen) atoms. The van der Waals surface area contributed by atoms with Crippen LogP contribution in [0.5, 0.6) is 0 Å². The minimum Gasteiger partial charge on any atom is -0.337 e. The van der Waals surface area contributed by atoms with Gasteiger partial charge in [-0.25, -0.2) is 0 Å². The molecule has 3 rings (SSSR count). The van der Waals surface area contributed by atoms with Crippen molar-refractivity contribution >= 4 is 5.91 Å². The third-order valence-electron chi connectivity index (χ3n) is 3.98. The summed E-state index contributed by atoms with van der Waals surface area (Å²) in [6.45, 7) is 5.54. The molecule has 1 unspecified atom stereocenters. The summed E-state index contributed by atoms with van der Waals surface area (Å²) in [6.07, 6.45) is 4.53. The van der Waals surface area contributed by atoms with E-state index in [1.54, 1.807) is 12.4 Å². The van der Waals surface area contributed by atoms with Crippen LogP contribution in [0.2, 0.25) is 0 Å². The number of carbonyl (C=O) groups is 1. The van der Waals surface area contributed by atoms with Crippen LogP contribution in [0.3, 0.4) is 0 Å². The first-order valence-electron chi connectivity index (χ1n) is 6.97. The summed E-state index contributed by atoms with van der Waals surface area (Å²) >= 11 is 0. The van der Waals surface area contributed by atoms with Crippen molar-refractivity contribution in [3.63, 3.8) is 0 Å². The third-order valence-corrected chi connectivity index (χ3v) is 3.98. The highest BCUT2D eigenvalue weighted by molar-refractivity contribution is 5.84. The maximum Gasteiger partial charge on any atom is 0.240 e. The maximum atomic E-state index is 12.5. The number of hydrogen-bond donors (Lipinski definition) is 1. The van der Waals surface area contributed by atoms with Crippen molar-refractivity contribution in [2.75, 3.05) is 32.7 Å². The van der Waals surface area contributed by atoms with Gasteiger partial charge in [0.05, 0.1) is 6.04 Å². The van der Waals surface area contributed by atoms with Crippen molar-refractivity contribution in [3.05, 3.63) is 30.1 Å². The van der Waals surface area contributed by atoms with E-state index >= 15 is 0 Å². The summed E-state index contributed by atoms with van der Waals surface area (Å²) in [5.74, 6) is 0.290. The van der Waals surface area contributed by atoms with Crippen molar-refractivity contribution in [3.8, 4) is 0 Å². The summed E-state index contributed by atoms with van der Waals surface area (Å²) in [6, 6.07) is 4.06. The van der Waals surface area contributed by atoms with Gasteiger partial charge < -0.3 is 10.2 Å². The van der Waals surface area contributed by atoms with Gasteiger partial charge in [-0.15, -0.1) is 0 Å². The van der Waals surface area contributed by atoms with Gasteiger partial charge >= 0.3 is 0 Å². The average molecular weight is 260 g/mol. The molecule has 0 bridgehead atoms. The standard InChI is InChI=1S/C14H20N4O/c19-14-13(17-9-6-16-7-10-17)3-8-18(14)11-12-1-4-15-5-2-12/h1-2,4-5,13,16H,3,6-11H2. The van der Waals surface area contributed by atoms with E-state index in [0.29, 0.717) is 12.5 Å². The van der Waals surface area contributed by atoms with E-state index in [1.807, 2.05) is 17.0 Å². The van der Waals surface area contributed by atoms with E-state index in [9.17, 15) is 4.79 Å². The zero-order chi connectivity index (χ0) is 13.1. The number of pyridine rings is 1. The molecule has 0 spiro atoms. The molecule has 1 amide bonds. The van der Waals surface area contributed by atoms with Crippen LogP contribution in [-0.2, 0) is 11.3 Å². The molecule has 1 aromatic rings. The first kappa shape index (κ1) is 12.6. The Labute approximate surface area is 113 Å². The molecule has 0 radical (unpaired) electrons. The number of likely N-dealkylation sites (tertiary alicyclic amines) is 1. The van der Waals surface area contributed by atoms with Gasteiger partial charge in [-0.05, 0) is 24.1 Å². The molecule has 0 aromatic carbocycles. The first-order valence-corrected chi connectivity index (χ1v) is 6.97. The van der Waals surface area contributed by atoms with E-state index in [4.69, 9.17) is 0 Å². The fraction of sp³-hybridized carbons (Fsp3) is 0.571. The number of hydrogen-bond acceptors (Lipinski definition) is 4. The number of carbonyl (C=O) groups excluding carboxylic acids is 1. The molecule has 2 aliphatic heterocycles. The lowest BCUT2D eigenvalue weighted by molar-refractivity contribution is -0.132. The fourth-order valence-electron chi connectivity index (χ4n) is 2.92. The monoisotopic (exact) mass is 260 g/mol. The third kappa shape index (κ3) is 2.77. The molecule has 1 aromatic heterocycles. The molecule has 5 nitrogen and oxygen atoms in total. The Morgan fingerprint density at radius 1 is 1.21 bits per heavy atom. The van der Waals surface area contributed by atoms with Crippen molar-refractivity contribution in [1.29, 1.82) is 0 Å². The normalized spacial score (nSPS) is 24.9. The van der Waals surface area contributed by atoms with Gasteiger partial charge in [0.25, 0.3) is 0 Å². The Morgan fingerprint density at radius 3 is 2.68 bits per heavy atom. The van der Waals surface area contributed by atoms with Gasteiger partial charge in [0.1, 0.15) is 0 Å². The Morgan fingerprint density at radius 2 is 1.95 bits per heavy atom. The lowest BCUT2D eigenvalue weighted by Crippen LogP contribution is -2.51. The number of aromatic nitrogens is 1. The van der Waals surface area contributed by atoms with E-state index in [-0.39, 0.29) is 6.04 Å². The van der Waals surface area contributed by atoms with Crippen LogP contribution in [-0.4, -0.2) is 59.5 Å². The second kappa shape index (κ2) is 5.67. The molecular weight excluding hydrogens is 240 g/mol. The number of rotatable bonds is 3. The highest BCUT2D eigenvalue weighted by Crippen LogP contribution is 2.19. The largest absolute Gasteiger partial charge is 0.337 e. The van der Waals surface area contributed by atoms with Crippen LogP contribution in [0.15, 0.2) is 24.5 Å². The maximum absolute atomic E-state index is 12.5. The zero-order valence-electron chi connectivity index (χ0n) is 11.1. The number of nitrogens with zero attached hydrogens (tertiary/aromatic N) is 3. The van der Waals surface area contributed by atoms with E-state index < -0.39 is 0 Å². The molecule has 3 heterocycles. The number of piperazine rings is 1. The molecule has 2 fully saturated rings. The highest BCUT2D eigenvalue weighted by Gasteiger charge is 2.35. The van der Waals surface area contributed by atoms with Gasteiger partial charge in [-0.3, -0.25) is 14.7 Å².